The Morgan fingerprint density at radius 2 is 2.05 bits per heavy atom. The Kier molecular flexibility index (Phi) is 3.64. The molecular formula is C14H18N4O2. The van der Waals surface area contributed by atoms with Crippen LogP contribution in [0.4, 0.5) is 0 Å². The first-order valence-corrected chi connectivity index (χ1v) is 6.83. The summed E-state index contributed by atoms with van der Waals surface area (Å²) in [6, 6.07) is 7.62. The molecule has 1 saturated heterocycles. The fraction of sp³-hybridized carbons (Fsp3) is 0.500. The summed E-state index contributed by atoms with van der Waals surface area (Å²) >= 11 is 0. The van der Waals surface area contributed by atoms with Crippen molar-refractivity contribution in [2.24, 2.45) is 5.92 Å². The van der Waals surface area contributed by atoms with Gasteiger partial charge in [0.15, 0.2) is 0 Å². The average molecular weight is 274 g/mol. The third-order valence-electron chi connectivity index (χ3n) is 3.65. The lowest BCUT2D eigenvalue weighted by atomic mass is 10.1. The average Bonchev–Trinajstić information content (AvgIpc) is 3.04. The molecule has 2 aromatic rings. The van der Waals surface area contributed by atoms with Crippen LogP contribution in [0, 0.1) is 5.92 Å². The molecule has 0 spiro atoms. The maximum absolute atomic E-state index is 12.2. The van der Waals surface area contributed by atoms with Crippen LogP contribution in [-0.2, 0) is 16.1 Å². The van der Waals surface area contributed by atoms with Crippen molar-refractivity contribution in [2.45, 2.75) is 13.0 Å². The first-order chi connectivity index (χ1) is 9.76. The molecule has 1 amide bonds. The van der Waals surface area contributed by atoms with Crippen LogP contribution < -0.4 is 0 Å². The Labute approximate surface area is 117 Å². The number of carbonyl (C=O) groups is 1. The number of likely N-dealkylation sites (tertiary alicyclic amines) is 1. The van der Waals surface area contributed by atoms with Crippen molar-refractivity contribution in [3.05, 3.63) is 24.3 Å². The molecule has 1 atom stereocenters. The second-order valence-corrected chi connectivity index (χ2v) is 5.17. The topological polar surface area (TPSA) is 60.2 Å². The molecule has 106 valence electrons. The van der Waals surface area contributed by atoms with Crippen molar-refractivity contribution >= 4 is 16.9 Å². The smallest absolute Gasteiger partial charge is 0.246 e. The van der Waals surface area contributed by atoms with Crippen molar-refractivity contribution in [3.8, 4) is 0 Å². The Bertz CT molecular complexity index is 577. The Balaban J connectivity index is 1.64. The zero-order valence-electron chi connectivity index (χ0n) is 11.5. The highest BCUT2D eigenvalue weighted by Gasteiger charge is 2.26. The zero-order chi connectivity index (χ0) is 13.9. The van der Waals surface area contributed by atoms with Crippen molar-refractivity contribution in [1.29, 1.82) is 0 Å². The van der Waals surface area contributed by atoms with Gasteiger partial charge in [-0.2, -0.15) is 15.0 Å². The predicted molar refractivity (Wildman–Crippen MR) is 74.1 cm³/mol. The minimum absolute atomic E-state index is 0.0731. The van der Waals surface area contributed by atoms with E-state index in [-0.39, 0.29) is 12.5 Å². The highest BCUT2D eigenvalue weighted by molar-refractivity contribution is 5.77. The standard InChI is InChI=1S/C14H18N4O2/c1-20-10-11-6-7-17(8-11)14(19)9-18-15-12-4-2-3-5-13(12)16-18/h2-5,11H,6-10H2,1H3. The summed E-state index contributed by atoms with van der Waals surface area (Å²) in [6.45, 7) is 2.49. The molecular weight excluding hydrogens is 256 g/mol. The summed E-state index contributed by atoms with van der Waals surface area (Å²) in [5.41, 5.74) is 1.64. The molecule has 3 rings (SSSR count). The normalized spacial score (nSPS) is 18.9. The fourth-order valence-corrected chi connectivity index (χ4v) is 2.63. The van der Waals surface area contributed by atoms with E-state index in [0.29, 0.717) is 12.5 Å². The zero-order valence-corrected chi connectivity index (χ0v) is 11.5. The summed E-state index contributed by atoms with van der Waals surface area (Å²) in [6.07, 6.45) is 1.01. The van der Waals surface area contributed by atoms with Crippen molar-refractivity contribution in [3.63, 3.8) is 0 Å². The molecule has 0 aliphatic carbocycles. The third-order valence-corrected chi connectivity index (χ3v) is 3.65. The number of amides is 1. The summed E-state index contributed by atoms with van der Waals surface area (Å²) in [7, 11) is 1.70. The van der Waals surface area contributed by atoms with Crippen LogP contribution in [-0.4, -0.2) is 52.6 Å². The van der Waals surface area contributed by atoms with E-state index in [9.17, 15) is 4.79 Å². The van der Waals surface area contributed by atoms with Gasteiger partial charge in [0.25, 0.3) is 0 Å². The SMILES string of the molecule is COCC1CCN(C(=O)Cn2nc3ccccc3n2)C1. The van der Waals surface area contributed by atoms with Gasteiger partial charge in [0, 0.05) is 26.1 Å². The van der Waals surface area contributed by atoms with Gasteiger partial charge in [-0.1, -0.05) is 12.1 Å². The van der Waals surface area contributed by atoms with Gasteiger partial charge in [-0.15, -0.1) is 0 Å². The van der Waals surface area contributed by atoms with Gasteiger partial charge in [-0.25, -0.2) is 0 Å². The molecule has 2 heterocycles. The summed E-state index contributed by atoms with van der Waals surface area (Å²) in [5, 5.41) is 8.63. The highest BCUT2D eigenvalue weighted by atomic mass is 16.5. The molecule has 0 bridgehead atoms. The van der Waals surface area contributed by atoms with E-state index in [1.165, 1.54) is 4.80 Å². The number of rotatable bonds is 4. The fourth-order valence-electron chi connectivity index (χ4n) is 2.63. The minimum atomic E-state index is 0.0731. The van der Waals surface area contributed by atoms with Crippen LogP contribution in [0.25, 0.3) is 11.0 Å². The van der Waals surface area contributed by atoms with E-state index in [2.05, 4.69) is 10.2 Å². The molecule has 1 aliphatic rings. The number of ether oxygens (including phenoxy) is 1. The van der Waals surface area contributed by atoms with Gasteiger partial charge >= 0.3 is 0 Å². The Morgan fingerprint density at radius 3 is 2.70 bits per heavy atom. The Morgan fingerprint density at radius 1 is 1.35 bits per heavy atom. The first kappa shape index (κ1) is 13.1. The number of fused-ring (bicyclic) bond motifs is 1. The van der Waals surface area contributed by atoms with Crippen molar-refractivity contribution < 1.29 is 9.53 Å². The molecule has 0 N–H and O–H groups in total. The van der Waals surface area contributed by atoms with Gasteiger partial charge < -0.3 is 9.64 Å². The van der Waals surface area contributed by atoms with Crippen LogP contribution in [0.1, 0.15) is 6.42 Å². The third kappa shape index (κ3) is 2.65. The second-order valence-electron chi connectivity index (χ2n) is 5.17. The van der Waals surface area contributed by atoms with E-state index in [1.54, 1.807) is 7.11 Å². The highest BCUT2D eigenvalue weighted by Crippen LogP contribution is 2.16. The molecule has 1 aromatic heterocycles. The van der Waals surface area contributed by atoms with Crippen LogP contribution in [0.15, 0.2) is 24.3 Å². The van der Waals surface area contributed by atoms with E-state index in [0.717, 1.165) is 30.5 Å². The van der Waals surface area contributed by atoms with E-state index >= 15 is 0 Å². The van der Waals surface area contributed by atoms with Gasteiger partial charge in [0.05, 0.1) is 6.61 Å². The van der Waals surface area contributed by atoms with Gasteiger partial charge in [0.1, 0.15) is 17.6 Å². The van der Waals surface area contributed by atoms with Crippen LogP contribution in [0.2, 0.25) is 0 Å². The summed E-state index contributed by atoms with van der Waals surface area (Å²) in [4.78, 5) is 15.6. The maximum atomic E-state index is 12.2. The minimum Gasteiger partial charge on any atom is -0.384 e. The monoisotopic (exact) mass is 274 g/mol. The lowest BCUT2D eigenvalue weighted by Crippen LogP contribution is -2.32. The van der Waals surface area contributed by atoms with Gasteiger partial charge in [-0.3, -0.25) is 4.79 Å². The number of methoxy groups -OCH3 is 1. The molecule has 0 radical (unpaired) electrons. The summed E-state index contributed by atoms with van der Waals surface area (Å²) < 4.78 is 5.14. The van der Waals surface area contributed by atoms with E-state index < -0.39 is 0 Å². The van der Waals surface area contributed by atoms with Crippen LogP contribution in [0.3, 0.4) is 0 Å². The lowest BCUT2D eigenvalue weighted by molar-refractivity contribution is -0.131. The summed E-state index contributed by atoms with van der Waals surface area (Å²) in [5.74, 6) is 0.525. The van der Waals surface area contributed by atoms with Gasteiger partial charge in [0.2, 0.25) is 5.91 Å². The van der Waals surface area contributed by atoms with E-state index in [1.807, 2.05) is 29.2 Å². The quantitative estimate of drug-likeness (QED) is 0.832. The first-order valence-electron chi connectivity index (χ1n) is 6.83. The molecule has 1 aliphatic heterocycles. The van der Waals surface area contributed by atoms with E-state index in [4.69, 9.17) is 4.74 Å². The number of hydrogen-bond donors (Lipinski definition) is 0. The van der Waals surface area contributed by atoms with Gasteiger partial charge in [-0.05, 0) is 18.6 Å². The molecule has 0 saturated carbocycles. The number of hydrogen-bond acceptors (Lipinski definition) is 4. The molecule has 1 fully saturated rings. The van der Waals surface area contributed by atoms with Crippen molar-refractivity contribution in [1.82, 2.24) is 19.9 Å². The molecule has 20 heavy (non-hydrogen) atoms. The number of aromatic nitrogens is 3. The Hall–Kier alpha value is -1.95. The molecule has 1 unspecified atom stereocenters. The number of carbonyl (C=O) groups excluding carboxylic acids is 1. The second kappa shape index (κ2) is 5.58. The number of benzene rings is 1. The maximum Gasteiger partial charge on any atom is 0.246 e. The van der Waals surface area contributed by atoms with Crippen LogP contribution in [0.5, 0.6) is 0 Å². The predicted octanol–water partition coefficient (Wildman–Crippen LogP) is 0.926. The van der Waals surface area contributed by atoms with Crippen molar-refractivity contribution in [2.75, 3.05) is 26.8 Å². The molecule has 1 aromatic carbocycles. The molecule has 6 heteroatoms. The largest absolute Gasteiger partial charge is 0.384 e. The lowest BCUT2D eigenvalue weighted by Gasteiger charge is -2.15. The van der Waals surface area contributed by atoms with Crippen LogP contribution >= 0.6 is 0 Å². The molecule has 6 nitrogen and oxygen atoms in total. The number of nitrogens with zero attached hydrogens (tertiary/aromatic N) is 4.